The second-order valence-electron chi connectivity index (χ2n) is 4.36. The third-order valence-corrected chi connectivity index (χ3v) is 3.90. The molecule has 6 nitrogen and oxygen atoms in total. The minimum Gasteiger partial charge on any atom is -0.333 e. The Kier molecular flexibility index (Phi) is 3.33. The maximum atomic E-state index is 5.33. The Bertz CT molecular complexity index is 517. The van der Waals surface area contributed by atoms with Gasteiger partial charge in [-0.25, -0.2) is 0 Å². The fraction of sp³-hybridized carbons (Fsp3) is 0.636. The zero-order valence-corrected chi connectivity index (χ0v) is 11.0. The Morgan fingerprint density at radius 3 is 3.17 bits per heavy atom. The van der Waals surface area contributed by atoms with E-state index in [1.807, 2.05) is 6.92 Å². The van der Waals surface area contributed by atoms with Crippen molar-refractivity contribution >= 4 is 11.5 Å². The van der Waals surface area contributed by atoms with E-state index in [-0.39, 0.29) is 6.04 Å². The third kappa shape index (κ3) is 2.15. The van der Waals surface area contributed by atoms with Crippen molar-refractivity contribution in [1.82, 2.24) is 25.0 Å². The molecule has 0 radical (unpaired) electrons. The summed E-state index contributed by atoms with van der Waals surface area (Å²) < 4.78 is 9.27. The van der Waals surface area contributed by atoms with Crippen LogP contribution in [-0.4, -0.2) is 26.3 Å². The van der Waals surface area contributed by atoms with Gasteiger partial charge in [-0.2, -0.15) is 4.98 Å². The van der Waals surface area contributed by atoms with E-state index in [9.17, 15) is 0 Å². The number of nitrogens with one attached hydrogen (secondary N) is 1. The predicted molar refractivity (Wildman–Crippen MR) is 67.2 cm³/mol. The lowest BCUT2D eigenvalue weighted by Gasteiger charge is -2.19. The second-order valence-corrected chi connectivity index (χ2v) is 5.12. The largest absolute Gasteiger partial charge is 0.333 e. The van der Waals surface area contributed by atoms with E-state index in [0.29, 0.717) is 5.89 Å². The maximum Gasteiger partial charge on any atom is 0.271 e. The first-order valence-electron chi connectivity index (χ1n) is 6.27. The van der Waals surface area contributed by atoms with Gasteiger partial charge in [0.1, 0.15) is 4.88 Å². The fourth-order valence-electron chi connectivity index (χ4n) is 2.14. The van der Waals surface area contributed by atoms with Gasteiger partial charge in [-0.05, 0) is 37.3 Å². The zero-order valence-electron chi connectivity index (χ0n) is 10.2. The molecule has 1 aliphatic heterocycles. The van der Waals surface area contributed by atoms with Gasteiger partial charge >= 0.3 is 0 Å². The maximum absolute atomic E-state index is 5.33. The van der Waals surface area contributed by atoms with Gasteiger partial charge in [-0.3, -0.25) is 0 Å². The number of hydrogen-bond donors (Lipinski definition) is 1. The van der Waals surface area contributed by atoms with Crippen molar-refractivity contribution in [3.63, 3.8) is 0 Å². The smallest absolute Gasteiger partial charge is 0.271 e. The molecular weight excluding hydrogens is 250 g/mol. The van der Waals surface area contributed by atoms with E-state index >= 15 is 0 Å². The first-order valence-corrected chi connectivity index (χ1v) is 7.04. The van der Waals surface area contributed by atoms with Crippen LogP contribution in [0, 0.1) is 0 Å². The van der Waals surface area contributed by atoms with Gasteiger partial charge in [-0.15, -0.1) is 5.10 Å². The second kappa shape index (κ2) is 5.11. The molecule has 0 saturated carbocycles. The summed E-state index contributed by atoms with van der Waals surface area (Å²) in [5, 5.41) is 11.5. The molecular formula is C11H15N5OS. The van der Waals surface area contributed by atoms with Crippen molar-refractivity contribution in [3.8, 4) is 10.8 Å². The first kappa shape index (κ1) is 11.7. The van der Waals surface area contributed by atoms with Crippen LogP contribution >= 0.6 is 11.5 Å². The van der Waals surface area contributed by atoms with Crippen LogP contribution < -0.4 is 5.32 Å². The van der Waals surface area contributed by atoms with Crippen molar-refractivity contribution in [2.24, 2.45) is 0 Å². The summed E-state index contributed by atoms with van der Waals surface area (Å²) in [6.07, 6.45) is 4.33. The van der Waals surface area contributed by atoms with Crippen molar-refractivity contribution in [3.05, 3.63) is 11.5 Å². The highest BCUT2D eigenvalue weighted by Crippen LogP contribution is 2.27. The summed E-state index contributed by atoms with van der Waals surface area (Å²) in [5.41, 5.74) is 0.923. The summed E-state index contributed by atoms with van der Waals surface area (Å²) >= 11 is 1.31. The molecule has 0 aliphatic carbocycles. The number of aryl methyl sites for hydroxylation is 1. The highest BCUT2D eigenvalue weighted by molar-refractivity contribution is 7.09. The van der Waals surface area contributed by atoms with E-state index < -0.39 is 0 Å². The Balaban J connectivity index is 1.84. The van der Waals surface area contributed by atoms with Crippen LogP contribution in [0.2, 0.25) is 0 Å². The quantitative estimate of drug-likeness (QED) is 0.914. The molecule has 96 valence electrons. The Morgan fingerprint density at radius 1 is 1.44 bits per heavy atom. The van der Waals surface area contributed by atoms with Crippen LogP contribution in [0.1, 0.15) is 43.7 Å². The summed E-state index contributed by atoms with van der Waals surface area (Å²) in [7, 11) is 0. The number of aromatic nitrogens is 4. The van der Waals surface area contributed by atoms with E-state index in [2.05, 4.69) is 25.0 Å². The fourth-order valence-corrected chi connectivity index (χ4v) is 2.82. The van der Waals surface area contributed by atoms with Crippen molar-refractivity contribution in [2.45, 2.75) is 38.6 Å². The van der Waals surface area contributed by atoms with Gasteiger partial charge in [0.05, 0.1) is 11.7 Å². The lowest BCUT2D eigenvalue weighted by Crippen LogP contribution is -2.27. The van der Waals surface area contributed by atoms with Crippen LogP contribution in [0.3, 0.4) is 0 Å². The van der Waals surface area contributed by atoms with Gasteiger partial charge in [0, 0.05) is 0 Å². The standard InChI is InChI=1S/C11H15N5OS/c1-2-7-9(18-16-14-7)11-13-10(15-17-11)8-5-3-4-6-12-8/h8,12H,2-6H2,1H3. The van der Waals surface area contributed by atoms with Gasteiger partial charge in [-0.1, -0.05) is 23.0 Å². The molecule has 1 saturated heterocycles. The first-order chi connectivity index (χ1) is 8.88. The number of piperidine rings is 1. The molecule has 1 atom stereocenters. The van der Waals surface area contributed by atoms with E-state index in [4.69, 9.17) is 4.52 Å². The van der Waals surface area contributed by atoms with Crippen LogP contribution in [0.5, 0.6) is 0 Å². The monoisotopic (exact) mass is 265 g/mol. The molecule has 0 amide bonds. The zero-order chi connectivity index (χ0) is 12.4. The van der Waals surface area contributed by atoms with Crippen LogP contribution in [0.4, 0.5) is 0 Å². The average Bonchev–Trinajstić information content (AvgIpc) is 3.08. The van der Waals surface area contributed by atoms with E-state index in [1.165, 1.54) is 24.4 Å². The summed E-state index contributed by atoms with van der Waals surface area (Å²) in [4.78, 5) is 5.37. The van der Waals surface area contributed by atoms with Gasteiger partial charge in [0.15, 0.2) is 5.82 Å². The molecule has 0 bridgehead atoms. The molecule has 2 aromatic rings. The van der Waals surface area contributed by atoms with Crippen LogP contribution in [0.15, 0.2) is 4.52 Å². The molecule has 1 N–H and O–H groups in total. The number of rotatable bonds is 3. The molecule has 0 spiro atoms. The molecule has 0 aromatic carbocycles. The van der Waals surface area contributed by atoms with Crippen molar-refractivity contribution in [2.75, 3.05) is 6.54 Å². The molecule has 3 heterocycles. The minimum absolute atomic E-state index is 0.224. The van der Waals surface area contributed by atoms with Crippen molar-refractivity contribution in [1.29, 1.82) is 0 Å². The van der Waals surface area contributed by atoms with Crippen LogP contribution in [-0.2, 0) is 6.42 Å². The Hall–Kier alpha value is -1.34. The summed E-state index contributed by atoms with van der Waals surface area (Å²) in [6.45, 7) is 3.07. The highest BCUT2D eigenvalue weighted by Gasteiger charge is 2.22. The molecule has 1 unspecified atom stereocenters. The number of nitrogens with zero attached hydrogens (tertiary/aromatic N) is 4. The van der Waals surface area contributed by atoms with Crippen LogP contribution in [0.25, 0.3) is 10.8 Å². The lowest BCUT2D eigenvalue weighted by atomic mass is 10.0. The topological polar surface area (TPSA) is 76.7 Å². The minimum atomic E-state index is 0.224. The molecule has 7 heteroatoms. The number of hydrogen-bond acceptors (Lipinski definition) is 7. The Labute approximate surface area is 109 Å². The van der Waals surface area contributed by atoms with E-state index in [0.717, 1.165) is 35.8 Å². The van der Waals surface area contributed by atoms with Gasteiger partial charge in [0.25, 0.3) is 5.89 Å². The van der Waals surface area contributed by atoms with Crippen molar-refractivity contribution < 1.29 is 4.52 Å². The van der Waals surface area contributed by atoms with E-state index in [1.54, 1.807) is 0 Å². The van der Waals surface area contributed by atoms with Gasteiger partial charge < -0.3 is 9.84 Å². The highest BCUT2D eigenvalue weighted by atomic mass is 32.1. The predicted octanol–water partition coefficient (Wildman–Crippen LogP) is 1.97. The third-order valence-electron chi connectivity index (χ3n) is 3.15. The summed E-state index contributed by atoms with van der Waals surface area (Å²) in [5.74, 6) is 1.30. The SMILES string of the molecule is CCc1nnsc1-c1nc(C2CCCCN2)no1. The molecule has 2 aromatic heterocycles. The molecule has 1 fully saturated rings. The average molecular weight is 265 g/mol. The molecule has 3 rings (SSSR count). The summed E-state index contributed by atoms with van der Waals surface area (Å²) in [6, 6.07) is 0.224. The molecule has 1 aliphatic rings. The molecule has 18 heavy (non-hydrogen) atoms. The normalized spacial score (nSPS) is 20.2. The lowest BCUT2D eigenvalue weighted by molar-refractivity contribution is 0.367. The Morgan fingerprint density at radius 2 is 2.39 bits per heavy atom. The van der Waals surface area contributed by atoms with Gasteiger partial charge in [0.2, 0.25) is 0 Å².